The molecule has 1 atom stereocenters. The van der Waals surface area contributed by atoms with Crippen LogP contribution in [0.1, 0.15) is 33.1 Å². The van der Waals surface area contributed by atoms with E-state index in [-0.39, 0.29) is 0 Å². The van der Waals surface area contributed by atoms with Crippen LogP contribution >= 0.6 is 11.6 Å². The molecule has 0 saturated carbocycles. The summed E-state index contributed by atoms with van der Waals surface area (Å²) in [4.78, 5) is 0. The van der Waals surface area contributed by atoms with Crippen LogP contribution in [0.25, 0.3) is 0 Å². The topological polar surface area (TPSA) is 18.5 Å². The van der Waals surface area contributed by atoms with Gasteiger partial charge in [0, 0.05) is 32.8 Å². The molecule has 0 saturated heterocycles. The van der Waals surface area contributed by atoms with Crippen molar-refractivity contribution < 1.29 is 9.47 Å². The zero-order valence-electron chi connectivity index (χ0n) is 10.3. The third-order valence-electron chi connectivity index (χ3n) is 2.33. The van der Waals surface area contributed by atoms with Crippen LogP contribution in [0.3, 0.4) is 0 Å². The molecular formula is C12H25ClO2. The van der Waals surface area contributed by atoms with E-state index in [1.54, 1.807) is 7.11 Å². The van der Waals surface area contributed by atoms with E-state index in [2.05, 4.69) is 13.8 Å². The van der Waals surface area contributed by atoms with Gasteiger partial charge in [-0.25, -0.2) is 0 Å². The largest absolute Gasteiger partial charge is 0.385 e. The molecule has 0 aliphatic carbocycles. The minimum absolute atomic E-state index is 0.606. The highest BCUT2D eigenvalue weighted by molar-refractivity contribution is 6.18. The minimum Gasteiger partial charge on any atom is -0.385 e. The Hall–Kier alpha value is 0.210. The molecule has 0 N–H and O–H groups in total. The van der Waals surface area contributed by atoms with E-state index in [0.717, 1.165) is 44.5 Å². The van der Waals surface area contributed by atoms with Gasteiger partial charge in [-0.05, 0) is 31.1 Å². The van der Waals surface area contributed by atoms with Crippen molar-refractivity contribution in [1.29, 1.82) is 0 Å². The number of rotatable bonds is 10. The van der Waals surface area contributed by atoms with Gasteiger partial charge in [0.15, 0.2) is 0 Å². The normalized spacial score (nSPS) is 13.4. The summed E-state index contributed by atoms with van der Waals surface area (Å²) in [6.45, 7) is 6.88. The lowest BCUT2D eigenvalue weighted by molar-refractivity contribution is 0.0936. The lowest BCUT2D eigenvalue weighted by Crippen LogP contribution is -2.10. The summed E-state index contributed by atoms with van der Waals surface area (Å²) in [5.74, 6) is 2.08. The van der Waals surface area contributed by atoms with Gasteiger partial charge in [-0.1, -0.05) is 13.8 Å². The molecule has 15 heavy (non-hydrogen) atoms. The molecule has 0 aromatic rings. The summed E-state index contributed by atoms with van der Waals surface area (Å²) in [7, 11) is 1.71. The van der Waals surface area contributed by atoms with Gasteiger partial charge in [0.25, 0.3) is 0 Å². The average Bonchev–Trinajstić information content (AvgIpc) is 2.20. The van der Waals surface area contributed by atoms with Crippen molar-refractivity contribution in [2.45, 2.75) is 33.1 Å². The van der Waals surface area contributed by atoms with Gasteiger partial charge in [-0.15, -0.1) is 11.6 Å². The molecule has 0 rings (SSSR count). The van der Waals surface area contributed by atoms with Crippen molar-refractivity contribution in [3.05, 3.63) is 0 Å². The van der Waals surface area contributed by atoms with Crippen molar-refractivity contribution in [1.82, 2.24) is 0 Å². The Balaban J connectivity index is 3.30. The molecule has 0 amide bonds. The fourth-order valence-electron chi connectivity index (χ4n) is 1.58. The van der Waals surface area contributed by atoms with E-state index >= 15 is 0 Å². The van der Waals surface area contributed by atoms with Gasteiger partial charge in [0.2, 0.25) is 0 Å². The van der Waals surface area contributed by atoms with Gasteiger partial charge in [-0.2, -0.15) is 0 Å². The second-order valence-corrected chi connectivity index (χ2v) is 4.71. The number of hydrogen-bond donors (Lipinski definition) is 0. The SMILES string of the molecule is COCCCOCCC(CCl)CC(C)C. The molecule has 0 aromatic heterocycles. The van der Waals surface area contributed by atoms with Gasteiger partial charge < -0.3 is 9.47 Å². The Labute approximate surface area is 99.3 Å². The van der Waals surface area contributed by atoms with Crippen molar-refractivity contribution in [2.75, 3.05) is 32.8 Å². The zero-order valence-corrected chi connectivity index (χ0v) is 11.1. The molecular weight excluding hydrogens is 212 g/mol. The van der Waals surface area contributed by atoms with E-state index in [9.17, 15) is 0 Å². The quantitative estimate of drug-likeness (QED) is 0.428. The van der Waals surface area contributed by atoms with Crippen molar-refractivity contribution in [3.8, 4) is 0 Å². The second-order valence-electron chi connectivity index (χ2n) is 4.40. The highest BCUT2D eigenvalue weighted by atomic mass is 35.5. The maximum Gasteiger partial charge on any atom is 0.0487 e. The summed E-state index contributed by atoms with van der Waals surface area (Å²) < 4.78 is 10.5. The van der Waals surface area contributed by atoms with Crippen LogP contribution in [0, 0.1) is 11.8 Å². The fraction of sp³-hybridized carbons (Fsp3) is 1.00. The van der Waals surface area contributed by atoms with Crippen molar-refractivity contribution >= 4 is 11.6 Å². The predicted molar refractivity (Wildman–Crippen MR) is 65.6 cm³/mol. The molecule has 0 fully saturated rings. The number of hydrogen-bond acceptors (Lipinski definition) is 2. The minimum atomic E-state index is 0.606. The lowest BCUT2D eigenvalue weighted by Gasteiger charge is -2.15. The third-order valence-corrected chi connectivity index (χ3v) is 2.77. The summed E-state index contributed by atoms with van der Waals surface area (Å²) in [5, 5.41) is 0. The van der Waals surface area contributed by atoms with E-state index in [4.69, 9.17) is 21.1 Å². The number of ether oxygens (including phenoxy) is 2. The monoisotopic (exact) mass is 236 g/mol. The molecule has 0 heterocycles. The lowest BCUT2D eigenvalue weighted by atomic mass is 9.96. The van der Waals surface area contributed by atoms with E-state index in [1.807, 2.05) is 0 Å². The van der Waals surface area contributed by atoms with Crippen LogP contribution < -0.4 is 0 Å². The fourth-order valence-corrected chi connectivity index (χ4v) is 1.86. The zero-order chi connectivity index (χ0) is 11.5. The van der Waals surface area contributed by atoms with E-state index in [1.165, 1.54) is 6.42 Å². The predicted octanol–water partition coefficient (Wildman–Crippen LogP) is 3.33. The molecule has 0 bridgehead atoms. The summed E-state index contributed by atoms with van der Waals surface area (Å²) in [5.41, 5.74) is 0. The smallest absolute Gasteiger partial charge is 0.0487 e. The van der Waals surface area contributed by atoms with Gasteiger partial charge >= 0.3 is 0 Å². The van der Waals surface area contributed by atoms with Crippen LogP contribution in [0.5, 0.6) is 0 Å². The van der Waals surface area contributed by atoms with Crippen molar-refractivity contribution in [2.24, 2.45) is 11.8 Å². The molecule has 0 aliphatic rings. The summed E-state index contributed by atoms with van der Waals surface area (Å²) in [6, 6.07) is 0. The highest BCUT2D eigenvalue weighted by Crippen LogP contribution is 2.16. The highest BCUT2D eigenvalue weighted by Gasteiger charge is 2.09. The Morgan fingerprint density at radius 1 is 1.13 bits per heavy atom. The van der Waals surface area contributed by atoms with Crippen LogP contribution in [0.4, 0.5) is 0 Å². The molecule has 92 valence electrons. The Kier molecular flexibility index (Phi) is 10.9. The average molecular weight is 237 g/mol. The second kappa shape index (κ2) is 10.7. The van der Waals surface area contributed by atoms with E-state index in [0.29, 0.717) is 5.92 Å². The van der Waals surface area contributed by atoms with Gasteiger partial charge in [0.05, 0.1) is 0 Å². The van der Waals surface area contributed by atoms with Crippen LogP contribution in [0.2, 0.25) is 0 Å². The first-order valence-electron chi connectivity index (χ1n) is 5.83. The van der Waals surface area contributed by atoms with Crippen LogP contribution in [-0.4, -0.2) is 32.8 Å². The molecule has 2 nitrogen and oxygen atoms in total. The molecule has 0 radical (unpaired) electrons. The first-order valence-corrected chi connectivity index (χ1v) is 6.36. The Bertz CT molecular complexity index is 129. The number of halogens is 1. The Morgan fingerprint density at radius 3 is 2.40 bits per heavy atom. The van der Waals surface area contributed by atoms with Gasteiger partial charge in [0.1, 0.15) is 0 Å². The first kappa shape index (κ1) is 15.2. The van der Waals surface area contributed by atoms with E-state index < -0.39 is 0 Å². The van der Waals surface area contributed by atoms with Crippen LogP contribution in [-0.2, 0) is 9.47 Å². The molecule has 3 heteroatoms. The third kappa shape index (κ3) is 10.5. The standard InChI is InChI=1S/C12H25ClO2/c1-11(2)9-12(10-13)5-8-15-7-4-6-14-3/h11-12H,4-10H2,1-3H3. The van der Waals surface area contributed by atoms with Gasteiger partial charge in [-0.3, -0.25) is 0 Å². The summed E-state index contributed by atoms with van der Waals surface area (Å²) >= 11 is 5.90. The molecule has 0 aromatic carbocycles. The first-order chi connectivity index (χ1) is 7.20. The van der Waals surface area contributed by atoms with Crippen LogP contribution in [0.15, 0.2) is 0 Å². The molecule has 1 unspecified atom stereocenters. The maximum atomic E-state index is 5.90. The summed E-state index contributed by atoms with van der Waals surface area (Å²) in [6.07, 6.45) is 3.26. The number of methoxy groups -OCH3 is 1. The number of alkyl halides is 1. The van der Waals surface area contributed by atoms with Crippen molar-refractivity contribution in [3.63, 3.8) is 0 Å². The maximum absolute atomic E-state index is 5.90. The Morgan fingerprint density at radius 2 is 1.87 bits per heavy atom. The molecule has 0 spiro atoms. The molecule has 0 aliphatic heterocycles.